The molecule has 2 aromatic carbocycles. The molecule has 3 rings (SSSR count). The fourth-order valence-electron chi connectivity index (χ4n) is 3.12. The molecule has 1 unspecified atom stereocenters. The number of aromatic nitrogens is 2. The molecule has 3 aromatic rings. The molecule has 1 N–H and O–H groups in total. The summed E-state index contributed by atoms with van der Waals surface area (Å²) in [5, 5.41) is 10.0. The van der Waals surface area contributed by atoms with Crippen LogP contribution in [0.2, 0.25) is 0 Å². The molecule has 0 aliphatic heterocycles. The third kappa shape index (κ3) is 5.12. The van der Waals surface area contributed by atoms with Crippen LogP contribution < -0.4 is 0 Å². The summed E-state index contributed by atoms with van der Waals surface area (Å²) in [6, 6.07) is 8.44. The second kappa shape index (κ2) is 9.52. The van der Waals surface area contributed by atoms with E-state index in [2.05, 4.69) is 16.5 Å². The van der Waals surface area contributed by atoms with Crippen molar-refractivity contribution in [3.8, 4) is 11.1 Å². The Morgan fingerprint density at radius 2 is 2.00 bits per heavy atom. The molecule has 0 saturated carbocycles. The van der Waals surface area contributed by atoms with E-state index in [4.69, 9.17) is 0 Å². The van der Waals surface area contributed by atoms with Crippen LogP contribution in [0.4, 0.5) is 8.78 Å². The molecule has 29 heavy (non-hydrogen) atoms. The van der Waals surface area contributed by atoms with Crippen LogP contribution in [0.15, 0.2) is 55.3 Å². The highest BCUT2D eigenvalue weighted by Crippen LogP contribution is 2.29. The number of fused-ring (bicyclic) bond motifs is 1. The largest absolute Gasteiger partial charge is 0.393 e. The van der Waals surface area contributed by atoms with Crippen molar-refractivity contribution in [3.63, 3.8) is 0 Å². The fraction of sp³-hybridized carbons (Fsp3) is 0.250. The van der Waals surface area contributed by atoms with Crippen LogP contribution in [0.1, 0.15) is 37.6 Å². The number of rotatable bonds is 8. The first-order chi connectivity index (χ1) is 14.0. The summed E-state index contributed by atoms with van der Waals surface area (Å²) in [5.41, 5.74) is 1.73. The SMILES string of the molecule is C=CCc1ncc2cc(-c3ccc(/C=C/CCCC(C)O)c(F)c3F)ccc2n1. The first-order valence-electron chi connectivity index (χ1n) is 9.69. The van der Waals surface area contributed by atoms with Crippen molar-refractivity contribution in [1.29, 1.82) is 0 Å². The predicted octanol–water partition coefficient (Wildman–Crippen LogP) is 5.87. The highest BCUT2D eigenvalue weighted by atomic mass is 19.2. The minimum absolute atomic E-state index is 0.200. The number of hydrogen-bond donors (Lipinski definition) is 1. The molecule has 0 aliphatic rings. The molecule has 5 heteroatoms. The smallest absolute Gasteiger partial charge is 0.167 e. The van der Waals surface area contributed by atoms with Gasteiger partial charge in [0.2, 0.25) is 0 Å². The van der Waals surface area contributed by atoms with Crippen LogP contribution >= 0.6 is 0 Å². The highest BCUT2D eigenvalue weighted by Gasteiger charge is 2.14. The van der Waals surface area contributed by atoms with E-state index >= 15 is 0 Å². The lowest BCUT2D eigenvalue weighted by Gasteiger charge is -2.08. The first kappa shape index (κ1) is 20.8. The molecule has 0 bridgehead atoms. The number of allylic oxidation sites excluding steroid dienone is 2. The number of benzene rings is 2. The van der Waals surface area contributed by atoms with Gasteiger partial charge in [0.05, 0.1) is 11.6 Å². The van der Waals surface area contributed by atoms with Crippen LogP contribution in [0.3, 0.4) is 0 Å². The topological polar surface area (TPSA) is 46.0 Å². The minimum Gasteiger partial charge on any atom is -0.393 e. The number of unbranched alkanes of at least 4 members (excludes halogenated alkanes) is 1. The summed E-state index contributed by atoms with van der Waals surface area (Å²) in [5.74, 6) is -1.08. The molecule has 0 aliphatic carbocycles. The molecule has 0 radical (unpaired) electrons. The van der Waals surface area contributed by atoms with E-state index in [1.54, 1.807) is 61.7 Å². The molecule has 0 spiro atoms. The lowest BCUT2D eigenvalue weighted by molar-refractivity contribution is 0.182. The summed E-state index contributed by atoms with van der Waals surface area (Å²) in [4.78, 5) is 8.71. The monoisotopic (exact) mass is 394 g/mol. The third-order valence-corrected chi connectivity index (χ3v) is 4.67. The van der Waals surface area contributed by atoms with Gasteiger partial charge in [0.15, 0.2) is 11.6 Å². The number of halogens is 2. The molecular formula is C24H24F2N2O. The van der Waals surface area contributed by atoms with Crippen LogP contribution in [0.5, 0.6) is 0 Å². The second-order valence-electron chi connectivity index (χ2n) is 7.07. The Kier molecular flexibility index (Phi) is 6.83. The number of nitrogens with zero attached hydrogens (tertiary/aromatic N) is 2. The molecule has 0 saturated heterocycles. The zero-order chi connectivity index (χ0) is 20.8. The van der Waals surface area contributed by atoms with Gasteiger partial charge < -0.3 is 5.11 Å². The van der Waals surface area contributed by atoms with Crippen LogP contribution in [-0.4, -0.2) is 21.2 Å². The van der Waals surface area contributed by atoms with Gasteiger partial charge in [-0.05, 0) is 43.9 Å². The third-order valence-electron chi connectivity index (χ3n) is 4.67. The Balaban J connectivity index is 1.83. The zero-order valence-corrected chi connectivity index (χ0v) is 16.4. The maximum atomic E-state index is 14.7. The van der Waals surface area contributed by atoms with Gasteiger partial charge in [-0.2, -0.15) is 0 Å². The molecule has 1 heterocycles. The van der Waals surface area contributed by atoms with Gasteiger partial charge in [-0.1, -0.05) is 36.4 Å². The van der Waals surface area contributed by atoms with Gasteiger partial charge in [0.1, 0.15) is 5.82 Å². The Morgan fingerprint density at radius 1 is 1.17 bits per heavy atom. The van der Waals surface area contributed by atoms with E-state index < -0.39 is 11.6 Å². The van der Waals surface area contributed by atoms with Crippen molar-refractivity contribution in [1.82, 2.24) is 9.97 Å². The lowest BCUT2D eigenvalue weighted by atomic mass is 10.0. The molecule has 0 amide bonds. The van der Waals surface area contributed by atoms with Crippen LogP contribution in [0.25, 0.3) is 28.1 Å². The summed E-state index contributed by atoms with van der Waals surface area (Å²) in [6.07, 6.45) is 9.20. The number of aliphatic hydroxyl groups is 1. The maximum Gasteiger partial charge on any atom is 0.167 e. The average molecular weight is 394 g/mol. The van der Waals surface area contributed by atoms with E-state index in [9.17, 15) is 13.9 Å². The van der Waals surface area contributed by atoms with Gasteiger partial charge in [-0.3, -0.25) is 0 Å². The molecule has 1 atom stereocenters. The first-order valence-corrected chi connectivity index (χ1v) is 9.69. The van der Waals surface area contributed by atoms with Gasteiger partial charge >= 0.3 is 0 Å². The van der Waals surface area contributed by atoms with Crippen molar-refractivity contribution in [2.75, 3.05) is 0 Å². The van der Waals surface area contributed by atoms with E-state index in [0.717, 1.165) is 17.3 Å². The van der Waals surface area contributed by atoms with Gasteiger partial charge in [-0.25, -0.2) is 18.7 Å². The van der Waals surface area contributed by atoms with E-state index in [-0.39, 0.29) is 17.2 Å². The number of hydrogen-bond acceptors (Lipinski definition) is 3. The number of aliphatic hydroxyl groups excluding tert-OH is 1. The highest BCUT2D eigenvalue weighted by molar-refractivity contribution is 5.84. The van der Waals surface area contributed by atoms with E-state index in [1.807, 2.05) is 0 Å². The van der Waals surface area contributed by atoms with E-state index in [1.165, 1.54) is 0 Å². The Labute approximate surface area is 169 Å². The average Bonchev–Trinajstić information content (AvgIpc) is 2.70. The Morgan fingerprint density at radius 3 is 2.76 bits per heavy atom. The fourth-order valence-corrected chi connectivity index (χ4v) is 3.12. The molecule has 0 fully saturated rings. The Hall–Kier alpha value is -2.92. The van der Waals surface area contributed by atoms with Crippen LogP contribution in [0, 0.1) is 11.6 Å². The molecule has 150 valence electrons. The standard InChI is InChI=1S/C24H24F2N2O/c1-3-7-22-27-15-19-14-18(11-13-21(19)28-22)20-12-10-17(23(25)24(20)26)9-6-4-5-8-16(2)29/h3,6,9-16,29H,1,4-5,7-8H2,2H3/b9-6+. The Bertz CT molecular complexity index is 1040. The van der Waals surface area contributed by atoms with E-state index in [0.29, 0.717) is 30.7 Å². The quantitative estimate of drug-likeness (QED) is 0.384. The summed E-state index contributed by atoms with van der Waals surface area (Å²) < 4.78 is 29.2. The normalized spacial score (nSPS) is 12.6. The van der Waals surface area contributed by atoms with Crippen molar-refractivity contribution in [2.24, 2.45) is 0 Å². The maximum absolute atomic E-state index is 14.7. The summed E-state index contributed by atoms with van der Waals surface area (Å²) >= 11 is 0. The van der Waals surface area contributed by atoms with Crippen molar-refractivity contribution in [2.45, 2.75) is 38.7 Å². The van der Waals surface area contributed by atoms with Gasteiger partial charge in [0.25, 0.3) is 0 Å². The zero-order valence-electron chi connectivity index (χ0n) is 16.4. The lowest BCUT2D eigenvalue weighted by Crippen LogP contribution is -1.97. The molecule has 3 nitrogen and oxygen atoms in total. The summed E-state index contributed by atoms with van der Waals surface area (Å²) in [6.45, 7) is 5.41. The van der Waals surface area contributed by atoms with Crippen molar-refractivity contribution in [3.05, 3.63) is 78.3 Å². The molecular weight excluding hydrogens is 370 g/mol. The van der Waals surface area contributed by atoms with Crippen molar-refractivity contribution >= 4 is 17.0 Å². The molecule has 1 aromatic heterocycles. The minimum atomic E-state index is -0.875. The van der Waals surface area contributed by atoms with Gasteiger partial charge in [-0.15, -0.1) is 6.58 Å². The van der Waals surface area contributed by atoms with Crippen molar-refractivity contribution < 1.29 is 13.9 Å². The van der Waals surface area contributed by atoms with Gasteiger partial charge in [0, 0.05) is 29.1 Å². The second-order valence-corrected chi connectivity index (χ2v) is 7.07. The predicted molar refractivity (Wildman–Crippen MR) is 113 cm³/mol. The van der Waals surface area contributed by atoms with Crippen LogP contribution in [-0.2, 0) is 6.42 Å². The summed E-state index contributed by atoms with van der Waals surface area (Å²) in [7, 11) is 0.